The molecule has 0 amide bonds. The minimum atomic E-state index is -0.0693. The van der Waals surface area contributed by atoms with Gasteiger partial charge in [0, 0.05) is 5.41 Å². The fraction of sp³-hybridized carbons (Fsp3) is 0.714. The molecule has 0 N–H and O–H groups in total. The van der Waals surface area contributed by atoms with Crippen LogP contribution < -0.4 is 0 Å². The molecule has 4 heteroatoms. The molecule has 62 valence electrons. The van der Waals surface area contributed by atoms with Crippen molar-refractivity contribution in [1.29, 1.82) is 0 Å². The lowest BCUT2D eigenvalue weighted by Crippen LogP contribution is -2.15. The second kappa shape index (κ2) is 2.81. The Balaban J connectivity index is 2.92. The Morgan fingerprint density at radius 2 is 2.18 bits per heavy atom. The number of hydrogen-bond donors (Lipinski definition) is 0. The highest BCUT2D eigenvalue weighted by Gasteiger charge is 2.24. The van der Waals surface area contributed by atoms with Crippen LogP contribution in [0, 0.1) is 0 Å². The van der Waals surface area contributed by atoms with E-state index in [1.807, 2.05) is 13.8 Å². The molecule has 0 unspecified atom stereocenters. The van der Waals surface area contributed by atoms with E-state index in [1.54, 1.807) is 0 Å². The quantitative estimate of drug-likeness (QED) is 0.691. The minimum Gasteiger partial charge on any atom is -0.337 e. The summed E-state index contributed by atoms with van der Waals surface area (Å²) in [7, 11) is 0. The van der Waals surface area contributed by atoms with Crippen LogP contribution >= 0.6 is 11.6 Å². The van der Waals surface area contributed by atoms with Gasteiger partial charge in [-0.05, 0) is 23.2 Å². The maximum Gasteiger partial charge on any atom is 0.263 e. The molecule has 0 aliphatic carbocycles. The minimum absolute atomic E-state index is 0.0693. The van der Waals surface area contributed by atoms with Crippen LogP contribution in [0.25, 0.3) is 0 Å². The average molecular weight is 175 g/mol. The van der Waals surface area contributed by atoms with Crippen molar-refractivity contribution in [3.05, 3.63) is 11.2 Å². The molecule has 0 spiro atoms. The molecule has 0 radical (unpaired) electrons. The second-order valence-electron chi connectivity index (χ2n) is 3.11. The highest BCUT2D eigenvalue weighted by atomic mass is 35.5. The van der Waals surface area contributed by atoms with Crippen molar-refractivity contribution in [2.45, 2.75) is 32.6 Å². The maximum absolute atomic E-state index is 5.51. The standard InChI is InChI=1S/C7H11ClN2O/c1-4-7(2,3)5-9-6(8)10-11-5/h4H2,1-3H3. The molecule has 3 nitrogen and oxygen atoms in total. The summed E-state index contributed by atoms with van der Waals surface area (Å²) in [5.74, 6) is 0.602. The van der Waals surface area contributed by atoms with Crippen molar-refractivity contribution in [2.75, 3.05) is 0 Å². The average Bonchev–Trinajstić information content (AvgIpc) is 2.36. The van der Waals surface area contributed by atoms with Gasteiger partial charge >= 0.3 is 0 Å². The molecular weight excluding hydrogens is 164 g/mol. The zero-order chi connectivity index (χ0) is 8.48. The number of rotatable bonds is 2. The lowest BCUT2D eigenvalue weighted by Gasteiger charge is -2.15. The summed E-state index contributed by atoms with van der Waals surface area (Å²) < 4.78 is 4.93. The largest absolute Gasteiger partial charge is 0.337 e. The fourth-order valence-corrected chi connectivity index (χ4v) is 0.743. The van der Waals surface area contributed by atoms with Crippen LogP contribution in [0.4, 0.5) is 0 Å². The molecule has 1 rings (SSSR count). The van der Waals surface area contributed by atoms with E-state index in [1.165, 1.54) is 0 Å². The predicted molar refractivity (Wildman–Crippen MR) is 42.6 cm³/mol. The van der Waals surface area contributed by atoms with Gasteiger partial charge in [-0.2, -0.15) is 4.98 Å². The van der Waals surface area contributed by atoms with E-state index >= 15 is 0 Å². The van der Waals surface area contributed by atoms with Crippen LogP contribution in [0.1, 0.15) is 33.1 Å². The summed E-state index contributed by atoms with van der Waals surface area (Å²) in [5.41, 5.74) is -0.0693. The number of hydrogen-bond acceptors (Lipinski definition) is 3. The van der Waals surface area contributed by atoms with E-state index in [-0.39, 0.29) is 10.7 Å². The summed E-state index contributed by atoms with van der Waals surface area (Å²) in [6.07, 6.45) is 0.950. The van der Waals surface area contributed by atoms with Gasteiger partial charge in [0.1, 0.15) is 0 Å². The third-order valence-electron chi connectivity index (χ3n) is 1.86. The van der Waals surface area contributed by atoms with Gasteiger partial charge < -0.3 is 4.52 Å². The molecule has 1 aromatic heterocycles. The number of aromatic nitrogens is 2. The molecule has 0 atom stereocenters. The van der Waals surface area contributed by atoms with Crippen LogP contribution in [0.3, 0.4) is 0 Å². The van der Waals surface area contributed by atoms with E-state index in [4.69, 9.17) is 16.1 Å². The van der Waals surface area contributed by atoms with Gasteiger partial charge in [-0.15, -0.1) is 0 Å². The molecule has 0 fully saturated rings. The monoisotopic (exact) mass is 174 g/mol. The van der Waals surface area contributed by atoms with Crippen LogP contribution in [0.5, 0.6) is 0 Å². The molecule has 0 saturated carbocycles. The fourth-order valence-electron chi connectivity index (χ4n) is 0.632. The topological polar surface area (TPSA) is 38.9 Å². The Bertz CT molecular complexity index is 244. The van der Waals surface area contributed by atoms with Crippen LogP contribution in [0.2, 0.25) is 5.28 Å². The van der Waals surface area contributed by atoms with E-state index in [2.05, 4.69) is 17.1 Å². The summed E-state index contributed by atoms with van der Waals surface area (Å²) >= 11 is 5.51. The van der Waals surface area contributed by atoms with Crippen molar-refractivity contribution in [1.82, 2.24) is 10.1 Å². The predicted octanol–water partition coefficient (Wildman–Crippen LogP) is 2.41. The zero-order valence-electron chi connectivity index (χ0n) is 6.89. The van der Waals surface area contributed by atoms with Crippen LogP contribution in [0.15, 0.2) is 4.52 Å². The van der Waals surface area contributed by atoms with Gasteiger partial charge in [0.2, 0.25) is 5.89 Å². The zero-order valence-corrected chi connectivity index (χ0v) is 7.64. The Kier molecular flexibility index (Phi) is 2.18. The van der Waals surface area contributed by atoms with Gasteiger partial charge in [-0.3, -0.25) is 0 Å². The Hall–Kier alpha value is -0.570. The van der Waals surface area contributed by atoms with Gasteiger partial charge in [-0.25, -0.2) is 0 Å². The van der Waals surface area contributed by atoms with Crippen molar-refractivity contribution in [3.63, 3.8) is 0 Å². The van der Waals surface area contributed by atoms with Crippen LogP contribution in [-0.4, -0.2) is 10.1 Å². The van der Waals surface area contributed by atoms with Gasteiger partial charge in [0.25, 0.3) is 5.28 Å². The number of nitrogens with zero attached hydrogens (tertiary/aromatic N) is 2. The number of halogens is 1. The SMILES string of the molecule is CCC(C)(C)c1nc(Cl)no1. The first-order valence-electron chi connectivity index (χ1n) is 3.56. The Morgan fingerprint density at radius 1 is 1.55 bits per heavy atom. The first kappa shape index (κ1) is 8.53. The summed E-state index contributed by atoms with van der Waals surface area (Å²) in [6, 6.07) is 0. The third-order valence-corrected chi connectivity index (χ3v) is 2.02. The molecule has 0 aromatic carbocycles. The smallest absolute Gasteiger partial charge is 0.263 e. The normalized spacial score (nSPS) is 12.0. The molecular formula is C7H11ClN2O. The Labute approximate surface area is 70.7 Å². The van der Waals surface area contributed by atoms with Gasteiger partial charge in [0.15, 0.2) is 0 Å². The molecule has 1 aromatic rings. The first-order chi connectivity index (χ1) is 5.06. The summed E-state index contributed by atoms with van der Waals surface area (Å²) in [5, 5.41) is 3.69. The van der Waals surface area contributed by atoms with E-state index in [0.717, 1.165) is 6.42 Å². The van der Waals surface area contributed by atoms with Crippen molar-refractivity contribution >= 4 is 11.6 Å². The molecule has 0 saturated heterocycles. The molecule has 0 aliphatic rings. The molecule has 0 aliphatic heterocycles. The Morgan fingerprint density at radius 3 is 2.55 bits per heavy atom. The molecule has 11 heavy (non-hydrogen) atoms. The lowest BCUT2D eigenvalue weighted by atomic mass is 9.90. The van der Waals surface area contributed by atoms with Crippen molar-refractivity contribution < 1.29 is 4.52 Å². The summed E-state index contributed by atoms with van der Waals surface area (Å²) in [4.78, 5) is 3.94. The first-order valence-corrected chi connectivity index (χ1v) is 3.94. The van der Waals surface area contributed by atoms with Gasteiger partial charge in [-0.1, -0.05) is 20.8 Å². The highest BCUT2D eigenvalue weighted by molar-refractivity contribution is 6.28. The van der Waals surface area contributed by atoms with Gasteiger partial charge in [0.05, 0.1) is 0 Å². The summed E-state index contributed by atoms with van der Waals surface area (Å²) in [6.45, 7) is 6.14. The van der Waals surface area contributed by atoms with Crippen LogP contribution in [-0.2, 0) is 5.41 Å². The second-order valence-corrected chi connectivity index (χ2v) is 3.44. The third kappa shape index (κ3) is 1.71. The molecule has 1 heterocycles. The lowest BCUT2D eigenvalue weighted by molar-refractivity contribution is 0.301. The van der Waals surface area contributed by atoms with Crippen molar-refractivity contribution in [2.24, 2.45) is 0 Å². The van der Waals surface area contributed by atoms with E-state index < -0.39 is 0 Å². The maximum atomic E-state index is 5.51. The van der Waals surface area contributed by atoms with Crippen molar-refractivity contribution in [3.8, 4) is 0 Å². The highest BCUT2D eigenvalue weighted by Crippen LogP contribution is 2.25. The molecule has 0 bridgehead atoms. The van der Waals surface area contributed by atoms with E-state index in [0.29, 0.717) is 5.89 Å². The van der Waals surface area contributed by atoms with E-state index in [9.17, 15) is 0 Å².